The van der Waals surface area contributed by atoms with E-state index in [1.54, 1.807) is 24.0 Å². The first-order chi connectivity index (χ1) is 13.0. The van der Waals surface area contributed by atoms with Crippen LogP contribution in [0.25, 0.3) is 5.57 Å². The Morgan fingerprint density at radius 2 is 2.30 bits per heavy atom. The van der Waals surface area contributed by atoms with E-state index in [0.717, 1.165) is 36.2 Å². The van der Waals surface area contributed by atoms with Crippen LogP contribution in [0.5, 0.6) is 0 Å². The summed E-state index contributed by atoms with van der Waals surface area (Å²) in [6, 6.07) is 4.15. The highest BCUT2D eigenvalue weighted by atomic mass is 16.2. The summed E-state index contributed by atoms with van der Waals surface area (Å²) in [5.74, 6) is -0.148. The number of amides is 1. The molecule has 2 aliphatic rings. The van der Waals surface area contributed by atoms with Crippen LogP contribution in [0, 0.1) is 17.2 Å². The SMILES string of the molecule is CC(C#N)C(=O)N1C2C=C(c3ccnc(Nc4cnn(C)c4)n3)CC1CC2. The van der Waals surface area contributed by atoms with Crippen LogP contribution in [0.15, 0.2) is 30.7 Å². The molecule has 1 fully saturated rings. The second-order valence-corrected chi connectivity index (χ2v) is 7.08. The number of anilines is 2. The summed E-state index contributed by atoms with van der Waals surface area (Å²) in [7, 11) is 1.85. The molecule has 4 rings (SSSR count). The van der Waals surface area contributed by atoms with Gasteiger partial charge in [0.15, 0.2) is 0 Å². The second kappa shape index (κ2) is 6.83. The lowest BCUT2D eigenvalue weighted by atomic mass is 9.97. The topological polar surface area (TPSA) is 99.7 Å². The van der Waals surface area contributed by atoms with E-state index in [9.17, 15) is 4.79 Å². The zero-order valence-corrected chi connectivity index (χ0v) is 15.3. The van der Waals surface area contributed by atoms with Crippen molar-refractivity contribution in [1.82, 2.24) is 24.6 Å². The lowest BCUT2D eigenvalue weighted by molar-refractivity contribution is -0.135. The Labute approximate surface area is 157 Å². The molecular weight excluding hydrogens is 342 g/mol. The van der Waals surface area contributed by atoms with Gasteiger partial charge in [-0.3, -0.25) is 9.48 Å². The van der Waals surface area contributed by atoms with Crippen LogP contribution in [0.4, 0.5) is 11.6 Å². The molecule has 2 bridgehead atoms. The molecule has 2 aliphatic heterocycles. The van der Waals surface area contributed by atoms with E-state index in [1.807, 2.05) is 24.2 Å². The fourth-order valence-corrected chi connectivity index (χ4v) is 3.86. The fourth-order valence-electron chi connectivity index (χ4n) is 3.86. The van der Waals surface area contributed by atoms with Gasteiger partial charge in [-0.25, -0.2) is 9.97 Å². The Morgan fingerprint density at radius 1 is 1.44 bits per heavy atom. The molecule has 0 saturated carbocycles. The smallest absolute Gasteiger partial charge is 0.240 e. The van der Waals surface area contributed by atoms with Gasteiger partial charge in [0.2, 0.25) is 11.9 Å². The van der Waals surface area contributed by atoms with E-state index < -0.39 is 5.92 Å². The first-order valence-corrected chi connectivity index (χ1v) is 9.06. The van der Waals surface area contributed by atoms with Crippen molar-refractivity contribution in [3.63, 3.8) is 0 Å². The molecule has 138 valence electrons. The van der Waals surface area contributed by atoms with Crippen LogP contribution in [-0.2, 0) is 11.8 Å². The van der Waals surface area contributed by atoms with Crippen molar-refractivity contribution in [2.75, 3.05) is 5.32 Å². The maximum absolute atomic E-state index is 12.5. The third-order valence-electron chi connectivity index (χ3n) is 5.16. The number of nitriles is 1. The maximum atomic E-state index is 12.5. The molecule has 0 radical (unpaired) electrons. The number of aryl methyl sites for hydroxylation is 1. The van der Waals surface area contributed by atoms with Crippen LogP contribution in [0.3, 0.4) is 0 Å². The standard InChI is InChI=1S/C19H21N7O/c1-12(9-20)18(27)26-15-3-4-16(26)8-13(7-15)17-5-6-21-19(24-17)23-14-10-22-25(2)11-14/h5-7,10-12,15-16H,3-4,8H2,1-2H3,(H,21,23,24). The molecule has 1 N–H and O–H groups in total. The number of nitrogens with one attached hydrogen (secondary N) is 1. The summed E-state index contributed by atoms with van der Waals surface area (Å²) in [6.07, 6.45) is 10.1. The van der Waals surface area contributed by atoms with Gasteiger partial charge >= 0.3 is 0 Å². The fraction of sp³-hybridized carbons (Fsp3) is 0.421. The Kier molecular flexibility index (Phi) is 4.36. The zero-order valence-electron chi connectivity index (χ0n) is 15.3. The Bertz CT molecular complexity index is 942. The van der Waals surface area contributed by atoms with Crippen LogP contribution < -0.4 is 5.32 Å². The maximum Gasteiger partial charge on any atom is 0.240 e. The number of hydrogen-bond donors (Lipinski definition) is 1. The number of nitrogens with zero attached hydrogens (tertiary/aromatic N) is 6. The summed E-state index contributed by atoms with van der Waals surface area (Å²) < 4.78 is 1.71. The van der Waals surface area contributed by atoms with Crippen molar-refractivity contribution in [2.24, 2.45) is 13.0 Å². The van der Waals surface area contributed by atoms with Crippen LogP contribution in [-0.4, -0.2) is 42.6 Å². The minimum Gasteiger partial charge on any atom is -0.332 e. The van der Waals surface area contributed by atoms with Gasteiger partial charge in [0.05, 0.1) is 29.7 Å². The molecule has 0 spiro atoms. The average Bonchev–Trinajstić information content (AvgIpc) is 3.20. The van der Waals surface area contributed by atoms with Crippen molar-refractivity contribution < 1.29 is 4.79 Å². The number of rotatable bonds is 4. The van der Waals surface area contributed by atoms with Crippen molar-refractivity contribution in [3.8, 4) is 6.07 Å². The second-order valence-electron chi connectivity index (χ2n) is 7.08. The monoisotopic (exact) mass is 363 g/mol. The molecule has 2 aromatic rings. The summed E-state index contributed by atoms with van der Waals surface area (Å²) in [4.78, 5) is 23.3. The predicted octanol–water partition coefficient (Wildman–Crippen LogP) is 2.26. The number of aromatic nitrogens is 4. The molecule has 8 nitrogen and oxygen atoms in total. The van der Waals surface area contributed by atoms with Gasteiger partial charge < -0.3 is 10.2 Å². The lowest BCUT2D eigenvalue weighted by Gasteiger charge is -2.34. The van der Waals surface area contributed by atoms with E-state index >= 15 is 0 Å². The van der Waals surface area contributed by atoms with Crippen molar-refractivity contribution in [1.29, 1.82) is 5.26 Å². The molecular formula is C19H21N7O. The van der Waals surface area contributed by atoms with Gasteiger partial charge in [-0.2, -0.15) is 10.4 Å². The summed E-state index contributed by atoms with van der Waals surface area (Å²) >= 11 is 0. The van der Waals surface area contributed by atoms with Crippen molar-refractivity contribution in [2.45, 2.75) is 38.3 Å². The molecule has 0 aromatic carbocycles. The van der Waals surface area contributed by atoms with Crippen LogP contribution >= 0.6 is 0 Å². The first kappa shape index (κ1) is 17.2. The molecule has 27 heavy (non-hydrogen) atoms. The summed E-state index contributed by atoms with van der Waals surface area (Å²) in [5.41, 5.74) is 2.83. The minimum absolute atomic E-state index is 0.0479. The Hall–Kier alpha value is -3.21. The minimum atomic E-state index is -0.600. The van der Waals surface area contributed by atoms with Crippen LogP contribution in [0.1, 0.15) is 31.9 Å². The normalized spacial score (nSPS) is 22.1. The average molecular weight is 363 g/mol. The highest BCUT2D eigenvalue weighted by Gasteiger charge is 2.41. The third-order valence-corrected chi connectivity index (χ3v) is 5.16. The van der Waals surface area contributed by atoms with E-state index in [0.29, 0.717) is 5.95 Å². The number of carbonyl (C=O) groups excluding carboxylic acids is 1. The van der Waals surface area contributed by atoms with Crippen molar-refractivity contribution in [3.05, 3.63) is 36.4 Å². The summed E-state index contributed by atoms with van der Waals surface area (Å²) in [5, 5.41) is 16.4. The number of carbonyl (C=O) groups is 1. The number of hydrogen-bond acceptors (Lipinski definition) is 6. The largest absolute Gasteiger partial charge is 0.332 e. The Balaban J connectivity index is 1.56. The quantitative estimate of drug-likeness (QED) is 0.894. The van der Waals surface area contributed by atoms with Crippen LogP contribution in [0.2, 0.25) is 0 Å². The van der Waals surface area contributed by atoms with E-state index in [2.05, 4.69) is 32.5 Å². The molecule has 1 amide bonds. The van der Waals surface area contributed by atoms with Crippen molar-refractivity contribution >= 4 is 23.1 Å². The molecule has 3 atom stereocenters. The van der Waals surface area contributed by atoms with Gasteiger partial charge in [-0.15, -0.1) is 0 Å². The first-order valence-electron chi connectivity index (χ1n) is 9.06. The summed E-state index contributed by atoms with van der Waals surface area (Å²) in [6.45, 7) is 1.67. The van der Waals surface area contributed by atoms with Gasteiger partial charge in [-0.05, 0) is 37.8 Å². The van der Waals surface area contributed by atoms with E-state index in [-0.39, 0.29) is 18.0 Å². The van der Waals surface area contributed by atoms with Gasteiger partial charge in [0.1, 0.15) is 5.92 Å². The highest BCUT2D eigenvalue weighted by Crippen LogP contribution is 2.39. The molecule has 4 heterocycles. The van der Waals surface area contributed by atoms with Gasteiger partial charge in [0.25, 0.3) is 0 Å². The van der Waals surface area contributed by atoms with Gasteiger partial charge in [-0.1, -0.05) is 6.08 Å². The predicted molar refractivity (Wildman–Crippen MR) is 99.5 cm³/mol. The van der Waals surface area contributed by atoms with Gasteiger partial charge in [0, 0.05) is 25.5 Å². The third kappa shape index (κ3) is 3.28. The molecule has 3 unspecified atom stereocenters. The molecule has 8 heteroatoms. The zero-order chi connectivity index (χ0) is 19.0. The van der Waals surface area contributed by atoms with E-state index in [1.165, 1.54) is 0 Å². The molecule has 1 saturated heterocycles. The number of fused-ring (bicyclic) bond motifs is 2. The molecule has 2 aromatic heterocycles. The van der Waals surface area contributed by atoms with E-state index in [4.69, 9.17) is 5.26 Å². The Morgan fingerprint density at radius 3 is 3.00 bits per heavy atom. The highest BCUT2D eigenvalue weighted by molar-refractivity contribution is 5.83. The molecule has 0 aliphatic carbocycles. The lowest BCUT2D eigenvalue weighted by Crippen LogP contribution is -2.45.